The van der Waals surface area contributed by atoms with Crippen LogP contribution in [0.15, 0.2) is 0 Å². The first-order valence-electron chi connectivity index (χ1n) is 20.1. The van der Waals surface area contributed by atoms with E-state index in [1.165, 1.54) is 13.8 Å². The molecule has 0 aliphatic carbocycles. The van der Waals surface area contributed by atoms with Crippen LogP contribution in [0.1, 0.15) is 68.2 Å². The van der Waals surface area contributed by atoms with Crippen LogP contribution in [0.4, 0.5) is 0 Å². The van der Waals surface area contributed by atoms with Crippen LogP contribution in [-0.2, 0) is 52.7 Å². The predicted molar refractivity (Wildman–Crippen MR) is 269 cm³/mol. The van der Waals surface area contributed by atoms with Crippen molar-refractivity contribution in [2.45, 2.75) is 111 Å². The fraction of sp³-hybridized carbons (Fsp3) is 0.703. The summed E-state index contributed by atoms with van der Waals surface area (Å²) in [5.74, 6) is -9.45. The number of thiol groups is 2. The van der Waals surface area contributed by atoms with Crippen molar-refractivity contribution < 1.29 is 109 Å². The summed E-state index contributed by atoms with van der Waals surface area (Å²) >= 11 is 7.30. The number of nitrogens with two attached hydrogens (primary N) is 11. The van der Waals surface area contributed by atoms with Gasteiger partial charge in [0.2, 0.25) is 0 Å². The molecule has 0 radical (unpaired) electrons. The molecule has 33 nitrogen and oxygen atoms in total. The summed E-state index contributed by atoms with van der Waals surface area (Å²) in [5.41, 5.74) is 53.4. The van der Waals surface area contributed by atoms with Crippen molar-refractivity contribution in [2.75, 3.05) is 37.7 Å². The van der Waals surface area contributed by atoms with Crippen molar-refractivity contribution in [3.05, 3.63) is 0 Å². The third-order valence-electron chi connectivity index (χ3n) is 5.59. The second kappa shape index (κ2) is 63.4. The molecule has 0 unspecified atom stereocenters. The SMILES string of the molecule is CC(C)C[C@H](N)C(=O)O.CC(C)C[C@H](N)C(=O)O.CC(C)[C@H](N)C(=O)O.C[C@H](N)C(=O)O.C[C@H](N)C(=O)O.NCC(=O)O.NCC(=O)O.NCC(=O)O.NCC(=O)O.N[C@@H](CS)C(=O)O.N[C@@H](CS)C(=O)O. The number of carboxylic acids is 11. The zero-order chi connectivity index (χ0) is 60.8. The summed E-state index contributed by atoms with van der Waals surface area (Å²) in [6.45, 7) is 13.1. The van der Waals surface area contributed by atoms with E-state index in [0.29, 0.717) is 24.7 Å². The lowest BCUT2D eigenvalue weighted by atomic mass is 10.1. The largest absolute Gasteiger partial charge is 0.480 e. The van der Waals surface area contributed by atoms with Crippen molar-refractivity contribution in [3.63, 3.8) is 0 Å². The molecule has 0 aliphatic heterocycles. The van der Waals surface area contributed by atoms with E-state index in [2.05, 4.69) is 48.2 Å². The maximum atomic E-state index is 10.1. The third-order valence-corrected chi connectivity index (χ3v) is 6.38. The molecule has 0 aliphatic rings. The molecular weight excluding hydrogens is 1010 g/mol. The van der Waals surface area contributed by atoms with Gasteiger partial charge < -0.3 is 119 Å². The molecule has 0 rings (SSSR count). The van der Waals surface area contributed by atoms with Crippen LogP contribution in [0.3, 0.4) is 0 Å². The van der Waals surface area contributed by atoms with Gasteiger partial charge in [-0.2, -0.15) is 25.3 Å². The van der Waals surface area contributed by atoms with Crippen molar-refractivity contribution in [3.8, 4) is 0 Å². The smallest absolute Gasteiger partial charge is 0.321 e. The Kier molecular flexibility index (Phi) is 81.6. The number of aliphatic carboxylic acids is 11. The second-order valence-electron chi connectivity index (χ2n) is 14.2. The predicted octanol–water partition coefficient (Wildman–Crippen LogP) is -5.45. The Balaban J connectivity index is -0.0000000636. The molecular formula is C37H85N11O22S2. The lowest BCUT2D eigenvalue weighted by molar-refractivity contribution is -0.140. The van der Waals surface area contributed by atoms with E-state index in [-0.39, 0.29) is 43.6 Å². The molecule has 0 aromatic heterocycles. The lowest BCUT2D eigenvalue weighted by Crippen LogP contribution is -2.34. The molecule has 7 atom stereocenters. The maximum absolute atomic E-state index is 10.1. The van der Waals surface area contributed by atoms with Gasteiger partial charge in [-0.1, -0.05) is 41.5 Å². The molecule has 0 saturated heterocycles. The second-order valence-corrected chi connectivity index (χ2v) is 14.9. The van der Waals surface area contributed by atoms with Crippen LogP contribution in [0, 0.1) is 17.8 Å². The van der Waals surface area contributed by atoms with E-state index in [1.54, 1.807) is 13.8 Å². The van der Waals surface area contributed by atoms with Gasteiger partial charge in [0.05, 0.1) is 26.2 Å². The Morgan fingerprint density at radius 2 is 0.486 bits per heavy atom. The molecule has 0 bridgehead atoms. The molecule has 0 spiro atoms. The standard InChI is InChI=1S/2C6H13NO2.C5H11NO2.2C3H7NO2S.2C3H7NO2.4C2H5NO2/c2*1-4(2)3-5(7)6(8)9;1-3(2)4(6)5(7)8;2*4-2(1-7)3(5)6;2*1-2(4)3(5)6;4*3-1-2(4)5/h2*4-5H,3,7H2,1-2H3,(H,8,9);3-4H,6H2,1-2H3,(H,7,8);2*2,7H,1,4H2,(H,5,6);2*2H,4H2,1H3,(H,5,6);4*1,3H2,(H,4,5)/t2*5-;4-;4*2-;;;;/m0000000..../s1. The van der Waals surface area contributed by atoms with Crippen LogP contribution in [-0.4, -0.2) is 202 Å². The number of hydrogen-bond acceptors (Lipinski definition) is 24. The van der Waals surface area contributed by atoms with Crippen molar-refractivity contribution in [1.29, 1.82) is 0 Å². The summed E-state index contributed by atoms with van der Waals surface area (Å²) in [6.07, 6.45) is 1.10. The summed E-state index contributed by atoms with van der Waals surface area (Å²) in [4.78, 5) is 106. The Morgan fingerprint density at radius 3 is 0.500 bits per heavy atom. The first kappa shape index (κ1) is 92.6. The van der Waals surface area contributed by atoms with Crippen LogP contribution in [0.2, 0.25) is 0 Å². The Hall–Kier alpha value is -5.57. The lowest BCUT2D eigenvalue weighted by Gasteiger charge is -2.07. The molecule has 432 valence electrons. The van der Waals surface area contributed by atoms with Crippen LogP contribution >= 0.6 is 25.3 Å². The van der Waals surface area contributed by atoms with E-state index >= 15 is 0 Å². The van der Waals surface area contributed by atoms with Crippen molar-refractivity contribution in [1.82, 2.24) is 0 Å². The topological polar surface area (TPSA) is 697 Å². The summed E-state index contributed by atoms with van der Waals surface area (Å²) in [7, 11) is 0. The van der Waals surface area contributed by atoms with Gasteiger partial charge >= 0.3 is 65.7 Å². The van der Waals surface area contributed by atoms with Crippen LogP contribution in [0.25, 0.3) is 0 Å². The zero-order valence-corrected chi connectivity index (χ0v) is 43.4. The molecule has 0 heterocycles. The highest BCUT2D eigenvalue weighted by molar-refractivity contribution is 7.80. The number of carbonyl (C=O) groups is 11. The summed E-state index contributed by atoms with van der Waals surface area (Å²) < 4.78 is 0. The fourth-order valence-corrected chi connectivity index (χ4v) is 1.97. The molecule has 0 fully saturated rings. The highest BCUT2D eigenvalue weighted by atomic mass is 32.1. The minimum Gasteiger partial charge on any atom is -0.480 e. The van der Waals surface area contributed by atoms with Gasteiger partial charge in [0.25, 0.3) is 0 Å². The maximum Gasteiger partial charge on any atom is 0.321 e. The normalized spacial score (nSPS) is 11.9. The average Bonchev–Trinajstić information content (AvgIpc) is 3.26. The Bertz CT molecular complexity index is 1330. The van der Waals surface area contributed by atoms with Crippen molar-refractivity contribution >= 4 is 90.9 Å². The van der Waals surface area contributed by atoms with E-state index in [1.807, 2.05) is 27.7 Å². The van der Waals surface area contributed by atoms with Crippen molar-refractivity contribution in [2.24, 2.45) is 80.8 Å². The molecule has 35 heteroatoms. The van der Waals surface area contributed by atoms with Gasteiger partial charge in [-0.3, -0.25) is 52.7 Å². The highest BCUT2D eigenvalue weighted by Crippen LogP contribution is 2.02. The van der Waals surface area contributed by atoms with Gasteiger partial charge in [-0.05, 0) is 44.4 Å². The number of rotatable bonds is 18. The van der Waals surface area contributed by atoms with Gasteiger partial charge in [-0.15, -0.1) is 0 Å². The number of hydrogen-bond donors (Lipinski definition) is 24. The Labute approximate surface area is 427 Å². The highest BCUT2D eigenvalue weighted by Gasteiger charge is 2.15. The van der Waals surface area contributed by atoms with E-state index in [0.717, 1.165) is 0 Å². The van der Waals surface area contributed by atoms with Gasteiger partial charge in [0.15, 0.2) is 0 Å². The van der Waals surface area contributed by atoms with E-state index < -0.39 is 108 Å². The third kappa shape index (κ3) is 120. The van der Waals surface area contributed by atoms with Gasteiger partial charge in [0.1, 0.15) is 42.3 Å². The zero-order valence-electron chi connectivity index (χ0n) is 41.6. The van der Waals surface area contributed by atoms with Crippen LogP contribution in [0.5, 0.6) is 0 Å². The fourth-order valence-electron chi connectivity index (χ4n) is 1.66. The molecule has 0 amide bonds. The van der Waals surface area contributed by atoms with Gasteiger partial charge in [-0.25, -0.2) is 0 Å². The van der Waals surface area contributed by atoms with E-state index in [9.17, 15) is 52.7 Å². The molecule has 72 heavy (non-hydrogen) atoms. The van der Waals surface area contributed by atoms with E-state index in [4.69, 9.17) is 96.3 Å². The minimum absolute atomic E-state index is 0.0208. The van der Waals surface area contributed by atoms with Gasteiger partial charge in [0, 0.05) is 11.5 Å². The molecule has 0 aromatic carbocycles. The summed E-state index contributed by atoms with van der Waals surface area (Å²) in [6, 6.07) is -5.19. The molecule has 0 aromatic rings. The number of carboxylic acid groups (broad SMARTS) is 11. The average molecular weight is 1100 g/mol. The molecule has 33 N–H and O–H groups in total. The monoisotopic (exact) mass is 1100 g/mol. The minimum atomic E-state index is -1.00. The van der Waals surface area contributed by atoms with Crippen LogP contribution < -0.4 is 63.1 Å². The summed E-state index contributed by atoms with van der Waals surface area (Å²) in [5, 5.41) is 87.0. The quantitative estimate of drug-likeness (QED) is 0.0570. The molecule has 0 saturated carbocycles. The Morgan fingerprint density at radius 1 is 0.333 bits per heavy atom. The first-order valence-corrected chi connectivity index (χ1v) is 21.4. The first-order chi connectivity index (χ1) is 32.4.